The first-order valence-corrected chi connectivity index (χ1v) is 7.84. The monoisotopic (exact) mass is 315 g/mol. The Labute approximate surface area is 116 Å². The van der Waals surface area contributed by atoms with Gasteiger partial charge in [0.25, 0.3) is 5.91 Å². The second kappa shape index (κ2) is 7.77. The molecule has 0 aromatic heterocycles. The molecule has 1 unspecified atom stereocenters. The summed E-state index contributed by atoms with van der Waals surface area (Å²) in [6, 6.07) is 7.68. The van der Waals surface area contributed by atoms with Crippen LogP contribution in [-0.2, 0) is 0 Å². The number of carbonyl (C=O) groups is 1. The fraction of sp³-hybridized carbons (Fsp3) is 0.462. The molecule has 1 aromatic rings. The summed E-state index contributed by atoms with van der Waals surface area (Å²) in [7, 11) is 0. The van der Waals surface area contributed by atoms with Crippen molar-refractivity contribution in [2.45, 2.75) is 29.5 Å². The van der Waals surface area contributed by atoms with E-state index in [0.717, 1.165) is 24.9 Å². The molecule has 0 aliphatic carbocycles. The largest absolute Gasteiger partial charge is 0.352 e. The minimum atomic E-state index is 0.0138. The zero-order valence-corrected chi connectivity index (χ0v) is 12.6. The van der Waals surface area contributed by atoms with E-state index in [-0.39, 0.29) is 5.91 Å². The van der Waals surface area contributed by atoms with Crippen LogP contribution in [0.4, 0.5) is 0 Å². The van der Waals surface area contributed by atoms with Crippen molar-refractivity contribution in [1.29, 1.82) is 0 Å². The molecule has 0 saturated carbocycles. The number of nitrogens with one attached hydrogen (secondary N) is 1. The predicted molar refractivity (Wildman–Crippen MR) is 78.2 cm³/mol. The smallest absolute Gasteiger partial charge is 0.251 e. The summed E-state index contributed by atoms with van der Waals surface area (Å²) in [4.78, 5) is 13.4. The van der Waals surface area contributed by atoms with Gasteiger partial charge in [0.15, 0.2) is 0 Å². The Morgan fingerprint density at radius 2 is 2.06 bits per heavy atom. The zero-order chi connectivity index (χ0) is 12.7. The lowest BCUT2D eigenvalue weighted by atomic mass is 10.2. The fourth-order valence-electron chi connectivity index (χ4n) is 1.43. The van der Waals surface area contributed by atoms with Gasteiger partial charge < -0.3 is 5.32 Å². The first kappa shape index (κ1) is 14.6. The van der Waals surface area contributed by atoms with E-state index in [1.54, 1.807) is 11.8 Å². The van der Waals surface area contributed by atoms with E-state index in [1.165, 1.54) is 4.90 Å². The van der Waals surface area contributed by atoms with Gasteiger partial charge in [-0.05, 0) is 43.4 Å². The van der Waals surface area contributed by atoms with Crippen molar-refractivity contribution in [3.8, 4) is 0 Å². The molecular weight excluding hydrogens is 298 g/mol. The summed E-state index contributed by atoms with van der Waals surface area (Å²) in [5, 5.41) is 2.93. The summed E-state index contributed by atoms with van der Waals surface area (Å²) < 4.78 is 0. The Morgan fingerprint density at radius 1 is 1.41 bits per heavy atom. The number of hydrogen-bond acceptors (Lipinski definition) is 2. The number of rotatable bonds is 6. The van der Waals surface area contributed by atoms with Crippen LogP contribution in [0.5, 0.6) is 0 Å². The van der Waals surface area contributed by atoms with Crippen molar-refractivity contribution in [2.75, 3.05) is 12.8 Å². The highest BCUT2D eigenvalue weighted by Crippen LogP contribution is 2.14. The van der Waals surface area contributed by atoms with Gasteiger partial charge in [0.1, 0.15) is 0 Å². The van der Waals surface area contributed by atoms with Gasteiger partial charge in [-0.15, -0.1) is 11.8 Å². The maximum atomic E-state index is 11.8. The number of carbonyl (C=O) groups excluding carboxylic acids is 1. The molecular formula is C13H18BrNOS. The fourth-order valence-corrected chi connectivity index (χ4v) is 2.16. The minimum absolute atomic E-state index is 0.0138. The summed E-state index contributed by atoms with van der Waals surface area (Å²) in [5.74, 6) is 0.0138. The molecule has 1 aromatic carbocycles. The van der Waals surface area contributed by atoms with Crippen molar-refractivity contribution in [3.63, 3.8) is 0 Å². The lowest BCUT2D eigenvalue weighted by Gasteiger charge is -2.06. The third kappa shape index (κ3) is 5.59. The quantitative estimate of drug-likeness (QED) is 0.492. The topological polar surface area (TPSA) is 29.1 Å². The molecule has 0 heterocycles. The van der Waals surface area contributed by atoms with Crippen LogP contribution in [0.3, 0.4) is 0 Å². The molecule has 2 nitrogen and oxygen atoms in total. The van der Waals surface area contributed by atoms with Gasteiger partial charge in [-0.25, -0.2) is 0 Å². The summed E-state index contributed by atoms with van der Waals surface area (Å²) in [5.41, 5.74) is 0.731. The maximum absolute atomic E-state index is 11.8. The van der Waals surface area contributed by atoms with Gasteiger partial charge in [0, 0.05) is 21.8 Å². The molecule has 0 spiro atoms. The number of amides is 1. The van der Waals surface area contributed by atoms with E-state index >= 15 is 0 Å². The Morgan fingerprint density at radius 3 is 2.59 bits per heavy atom. The van der Waals surface area contributed by atoms with Crippen molar-refractivity contribution in [1.82, 2.24) is 5.32 Å². The Kier molecular flexibility index (Phi) is 6.66. The summed E-state index contributed by atoms with van der Waals surface area (Å²) >= 11 is 5.16. The second-order valence-corrected chi connectivity index (χ2v) is 6.35. The second-order valence-electron chi connectivity index (χ2n) is 3.91. The molecule has 0 aliphatic rings. The molecule has 0 bridgehead atoms. The van der Waals surface area contributed by atoms with Crippen LogP contribution >= 0.6 is 27.7 Å². The van der Waals surface area contributed by atoms with E-state index in [2.05, 4.69) is 28.2 Å². The molecule has 94 valence electrons. The molecule has 1 atom stereocenters. The van der Waals surface area contributed by atoms with E-state index in [0.29, 0.717) is 4.83 Å². The molecule has 1 amide bonds. The lowest BCUT2D eigenvalue weighted by Crippen LogP contribution is -2.24. The molecule has 0 saturated heterocycles. The van der Waals surface area contributed by atoms with Gasteiger partial charge in [0.2, 0.25) is 0 Å². The van der Waals surface area contributed by atoms with E-state index in [1.807, 2.05) is 30.5 Å². The van der Waals surface area contributed by atoms with Crippen LogP contribution in [0.2, 0.25) is 0 Å². The molecule has 1 N–H and O–H groups in total. The minimum Gasteiger partial charge on any atom is -0.352 e. The van der Waals surface area contributed by atoms with Crippen molar-refractivity contribution < 1.29 is 4.79 Å². The Balaban J connectivity index is 2.36. The number of alkyl halides is 1. The predicted octanol–water partition coefficient (Wildman–Crippen LogP) is 3.70. The average Bonchev–Trinajstić information content (AvgIpc) is 2.34. The van der Waals surface area contributed by atoms with Gasteiger partial charge in [-0.2, -0.15) is 0 Å². The van der Waals surface area contributed by atoms with Crippen LogP contribution in [0.1, 0.15) is 30.1 Å². The lowest BCUT2D eigenvalue weighted by molar-refractivity contribution is 0.0953. The first-order valence-electron chi connectivity index (χ1n) is 5.70. The molecule has 0 fully saturated rings. The van der Waals surface area contributed by atoms with Crippen molar-refractivity contribution >= 4 is 33.6 Å². The number of thioether (sulfide) groups is 1. The summed E-state index contributed by atoms with van der Waals surface area (Å²) in [6.45, 7) is 2.85. The number of halogens is 1. The maximum Gasteiger partial charge on any atom is 0.251 e. The molecule has 0 aliphatic heterocycles. The van der Waals surface area contributed by atoms with Crippen LogP contribution in [0.25, 0.3) is 0 Å². The zero-order valence-electron chi connectivity index (χ0n) is 10.2. The van der Waals surface area contributed by atoms with Crippen molar-refractivity contribution in [2.24, 2.45) is 0 Å². The normalized spacial score (nSPS) is 12.2. The third-order valence-electron chi connectivity index (χ3n) is 2.42. The van der Waals surface area contributed by atoms with Crippen LogP contribution in [0, 0.1) is 0 Å². The Hall–Kier alpha value is -0.480. The van der Waals surface area contributed by atoms with Gasteiger partial charge in [-0.3, -0.25) is 4.79 Å². The SMILES string of the molecule is CSc1ccc(C(=O)NCCCC(C)Br)cc1. The van der Waals surface area contributed by atoms with Crippen molar-refractivity contribution in [3.05, 3.63) is 29.8 Å². The van der Waals surface area contributed by atoms with Crippen LogP contribution in [-0.4, -0.2) is 23.5 Å². The molecule has 0 radical (unpaired) electrons. The van der Waals surface area contributed by atoms with Gasteiger partial charge in [0.05, 0.1) is 0 Å². The highest BCUT2D eigenvalue weighted by atomic mass is 79.9. The summed E-state index contributed by atoms with van der Waals surface area (Å²) in [6.07, 6.45) is 4.10. The first-order chi connectivity index (χ1) is 8.13. The standard InChI is InChI=1S/C13H18BrNOS/c1-10(14)4-3-9-15-13(16)11-5-7-12(17-2)8-6-11/h5-8,10H,3-4,9H2,1-2H3,(H,15,16). The number of benzene rings is 1. The van der Waals surface area contributed by atoms with Crippen LogP contribution < -0.4 is 5.32 Å². The van der Waals surface area contributed by atoms with E-state index < -0.39 is 0 Å². The highest BCUT2D eigenvalue weighted by molar-refractivity contribution is 9.09. The molecule has 1 rings (SSSR count). The molecule has 17 heavy (non-hydrogen) atoms. The van der Waals surface area contributed by atoms with Crippen LogP contribution in [0.15, 0.2) is 29.2 Å². The number of hydrogen-bond donors (Lipinski definition) is 1. The highest BCUT2D eigenvalue weighted by Gasteiger charge is 2.04. The molecule has 4 heteroatoms. The third-order valence-corrected chi connectivity index (χ3v) is 3.62. The van der Waals surface area contributed by atoms with Gasteiger partial charge >= 0.3 is 0 Å². The average molecular weight is 316 g/mol. The van der Waals surface area contributed by atoms with E-state index in [9.17, 15) is 4.79 Å². The Bertz CT molecular complexity index is 351. The van der Waals surface area contributed by atoms with Gasteiger partial charge in [-0.1, -0.05) is 22.9 Å². The van der Waals surface area contributed by atoms with E-state index in [4.69, 9.17) is 0 Å².